The summed E-state index contributed by atoms with van der Waals surface area (Å²) in [6, 6.07) is 9.78. The summed E-state index contributed by atoms with van der Waals surface area (Å²) in [6.07, 6.45) is 2.29. The predicted molar refractivity (Wildman–Crippen MR) is 106 cm³/mol. The number of anilines is 1. The average molecular weight is 407 g/mol. The summed E-state index contributed by atoms with van der Waals surface area (Å²) < 4.78 is 26.6. The van der Waals surface area contributed by atoms with Crippen molar-refractivity contribution in [2.75, 3.05) is 24.7 Å². The highest BCUT2D eigenvalue weighted by molar-refractivity contribution is 7.98. The fourth-order valence-corrected chi connectivity index (χ4v) is 5.47. The molecule has 2 aliphatic heterocycles. The van der Waals surface area contributed by atoms with Crippen molar-refractivity contribution in [2.45, 2.75) is 24.3 Å². The van der Waals surface area contributed by atoms with E-state index in [1.807, 2.05) is 35.0 Å². The first-order valence-corrected chi connectivity index (χ1v) is 11.9. The highest BCUT2D eigenvalue weighted by Gasteiger charge is 2.31. The highest BCUT2D eigenvalue weighted by atomic mass is 32.2. The van der Waals surface area contributed by atoms with Gasteiger partial charge in [-0.3, -0.25) is 4.79 Å². The normalized spacial score (nSPS) is 18.4. The Labute approximate surface area is 163 Å². The topological polar surface area (TPSA) is 84.3 Å². The summed E-state index contributed by atoms with van der Waals surface area (Å²) in [5, 5.41) is 7.79. The number of sulfonamides is 1. The van der Waals surface area contributed by atoms with E-state index in [-0.39, 0.29) is 11.8 Å². The van der Waals surface area contributed by atoms with E-state index in [9.17, 15) is 13.2 Å². The van der Waals surface area contributed by atoms with E-state index in [1.165, 1.54) is 10.6 Å². The lowest BCUT2D eigenvalue weighted by atomic mass is 9.97. The van der Waals surface area contributed by atoms with Crippen LogP contribution in [0.1, 0.15) is 24.1 Å². The molecule has 9 heteroatoms. The number of carbonyl (C=O) groups excluding carboxylic acids is 1. The van der Waals surface area contributed by atoms with Crippen LogP contribution < -0.4 is 5.32 Å². The van der Waals surface area contributed by atoms with E-state index in [2.05, 4.69) is 5.32 Å². The molecule has 0 radical (unpaired) electrons. The number of para-hydroxylation sites is 1. The van der Waals surface area contributed by atoms with Crippen LogP contribution in [0.3, 0.4) is 0 Å². The highest BCUT2D eigenvalue weighted by Crippen LogP contribution is 2.36. The Morgan fingerprint density at radius 1 is 1.19 bits per heavy atom. The summed E-state index contributed by atoms with van der Waals surface area (Å²) in [7, 11) is -3.19. The van der Waals surface area contributed by atoms with Crippen LogP contribution in [0.5, 0.6) is 0 Å². The van der Waals surface area contributed by atoms with Crippen LogP contribution >= 0.6 is 11.8 Å². The van der Waals surface area contributed by atoms with Gasteiger partial charge in [0.1, 0.15) is 5.82 Å². The van der Waals surface area contributed by atoms with Gasteiger partial charge in [-0.15, -0.1) is 0 Å². The molecule has 0 bridgehead atoms. The second-order valence-corrected chi connectivity index (χ2v) is 9.91. The van der Waals surface area contributed by atoms with Crippen LogP contribution in [0, 0.1) is 5.92 Å². The van der Waals surface area contributed by atoms with Gasteiger partial charge in [0.2, 0.25) is 15.9 Å². The lowest BCUT2D eigenvalue weighted by Gasteiger charge is -2.29. The minimum absolute atomic E-state index is 0.0556. The summed E-state index contributed by atoms with van der Waals surface area (Å²) in [5.41, 5.74) is 3.02. The minimum atomic E-state index is -3.19. The number of amides is 1. The smallest absolute Gasteiger partial charge is 0.228 e. The summed E-state index contributed by atoms with van der Waals surface area (Å²) in [6.45, 7) is 0.783. The van der Waals surface area contributed by atoms with Gasteiger partial charge in [-0.2, -0.15) is 16.9 Å². The fraction of sp³-hybridized carbons (Fsp3) is 0.444. The second kappa shape index (κ2) is 7.29. The molecule has 1 N–H and O–H groups in total. The zero-order valence-electron chi connectivity index (χ0n) is 15.1. The molecule has 2 aliphatic rings. The largest absolute Gasteiger partial charge is 0.310 e. The molecule has 7 nitrogen and oxygen atoms in total. The van der Waals surface area contributed by atoms with Crippen LogP contribution in [0.2, 0.25) is 0 Å². The van der Waals surface area contributed by atoms with Gasteiger partial charge in [0.05, 0.1) is 17.6 Å². The molecule has 1 aromatic heterocycles. The zero-order valence-corrected chi connectivity index (χ0v) is 16.7. The van der Waals surface area contributed by atoms with E-state index < -0.39 is 10.0 Å². The van der Waals surface area contributed by atoms with Crippen molar-refractivity contribution in [1.82, 2.24) is 14.1 Å². The Hall–Kier alpha value is -1.84. The lowest BCUT2D eigenvalue weighted by molar-refractivity contribution is -0.120. The van der Waals surface area contributed by atoms with Gasteiger partial charge in [0, 0.05) is 36.1 Å². The SMILES string of the molecule is CS(=O)(=O)N1CCC(C(=O)Nc2c3c(nn2-c2ccccc2)CSC3)CC1. The number of piperidine rings is 1. The van der Waals surface area contributed by atoms with Gasteiger partial charge in [0.25, 0.3) is 0 Å². The molecule has 1 saturated heterocycles. The third kappa shape index (κ3) is 3.76. The molecule has 4 rings (SSSR count). The molecule has 0 unspecified atom stereocenters. The van der Waals surface area contributed by atoms with Crippen LogP contribution in [-0.2, 0) is 26.3 Å². The lowest BCUT2D eigenvalue weighted by Crippen LogP contribution is -2.41. The maximum Gasteiger partial charge on any atom is 0.228 e. The van der Waals surface area contributed by atoms with Crippen LogP contribution in [0.15, 0.2) is 30.3 Å². The molecule has 0 saturated carbocycles. The number of carbonyl (C=O) groups is 1. The summed E-state index contributed by atoms with van der Waals surface area (Å²) in [4.78, 5) is 12.9. The first-order chi connectivity index (χ1) is 12.9. The number of hydrogen-bond acceptors (Lipinski definition) is 5. The molecule has 0 aliphatic carbocycles. The first kappa shape index (κ1) is 18.5. The van der Waals surface area contributed by atoms with Crippen molar-refractivity contribution >= 4 is 33.5 Å². The molecule has 1 amide bonds. The Balaban J connectivity index is 1.54. The quantitative estimate of drug-likeness (QED) is 0.842. The third-order valence-corrected chi connectivity index (χ3v) is 7.36. The Morgan fingerprint density at radius 3 is 2.56 bits per heavy atom. The molecule has 27 heavy (non-hydrogen) atoms. The summed E-state index contributed by atoms with van der Waals surface area (Å²) in [5.74, 6) is 2.19. The molecular formula is C18H22N4O3S2. The summed E-state index contributed by atoms with van der Waals surface area (Å²) >= 11 is 1.79. The molecule has 0 atom stereocenters. The fourth-order valence-electron chi connectivity index (χ4n) is 3.57. The second-order valence-electron chi connectivity index (χ2n) is 6.94. The van der Waals surface area contributed by atoms with Gasteiger partial charge >= 0.3 is 0 Å². The number of aromatic nitrogens is 2. The van der Waals surface area contributed by atoms with Crippen molar-refractivity contribution in [3.8, 4) is 5.69 Å². The molecule has 1 fully saturated rings. The standard InChI is InChI=1S/C18H22N4O3S2/c1-27(24,25)21-9-7-13(8-10-21)18(23)19-17-15-11-26-12-16(15)20-22(17)14-5-3-2-4-6-14/h2-6,13H,7-12H2,1H3,(H,19,23). The van der Waals surface area contributed by atoms with E-state index in [0.29, 0.717) is 25.9 Å². The van der Waals surface area contributed by atoms with Crippen molar-refractivity contribution < 1.29 is 13.2 Å². The maximum absolute atomic E-state index is 12.9. The van der Waals surface area contributed by atoms with Crippen molar-refractivity contribution in [2.24, 2.45) is 5.92 Å². The molecule has 3 heterocycles. The number of fused-ring (bicyclic) bond motifs is 1. The number of nitrogens with one attached hydrogen (secondary N) is 1. The number of benzene rings is 1. The number of hydrogen-bond donors (Lipinski definition) is 1. The minimum Gasteiger partial charge on any atom is -0.310 e. The maximum atomic E-state index is 12.9. The number of nitrogens with zero attached hydrogens (tertiary/aromatic N) is 3. The van der Waals surface area contributed by atoms with Gasteiger partial charge in [-0.1, -0.05) is 18.2 Å². The Morgan fingerprint density at radius 2 is 1.89 bits per heavy atom. The predicted octanol–water partition coefficient (Wildman–Crippen LogP) is 2.23. The van der Waals surface area contributed by atoms with Gasteiger partial charge in [0.15, 0.2) is 0 Å². The molecule has 144 valence electrons. The van der Waals surface area contributed by atoms with Crippen LogP contribution in [-0.4, -0.2) is 47.8 Å². The molecule has 1 aromatic carbocycles. The molecule has 0 spiro atoms. The first-order valence-electron chi connectivity index (χ1n) is 8.93. The van der Waals surface area contributed by atoms with Crippen molar-refractivity contribution in [3.63, 3.8) is 0 Å². The van der Waals surface area contributed by atoms with E-state index in [4.69, 9.17) is 5.10 Å². The third-order valence-electron chi connectivity index (χ3n) is 5.09. The van der Waals surface area contributed by atoms with Crippen molar-refractivity contribution in [3.05, 3.63) is 41.6 Å². The van der Waals surface area contributed by atoms with E-state index >= 15 is 0 Å². The monoisotopic (exact) mass is 406 g/mol. The number of rotatable bonds is 4. The van der Waals surface area contributed by atoms with E-state index in [1.54, 1.807) is 11.8 Å². The zero-order chi connectivity index (χ0) is 19.0. The van der Waals surface area contributed by atoms with E-state index in [0.717, 1.165) is 34.3 Å². The van der Waals surface area contributed by atoms with Crippen molar-refractivity contribution in [1.29, 1.82) is 0 Å². The number of thioether (sulfide) groups is 1. The molecule has 2 aromatic rings. The van der Waals surface area contributed by atoms with Gasteiger partial charge in [-0.25, -0.2) is 17.4 Å². The van der Waals surface area contributed by atoms with Crippen LogP contribution in [0.25, 0.3) is 5.69 Å². The van der Waals surface area contributed by atoms with Gasteiger partial charge in [-0.05, 0) is 25.0 Å². The Bertz CT molecular complexity index is 948. The average Bonchev–Trinajstić information content (AvgIpc) is 3.24. The van der Waals surface area contributed by atoms with Crippen LogP contribution in [0.4, 0.5) is 5.82 Å². The molecular weight excluding hydrogens is 384 g/mol. The van der Waals surface area contributed by atoms with Gasteiger partial charge < -0.3 is 5.32 Å². The Kier molecular flexibility index (Phi) is 5.00.